The number of nitro groups is 1. The smallest absolute Gasteiger partial charge is 0.332 e. The van der Waals surface area contributed by atoms with E-state index >= 15 is 0 Å². The van der Waals surface area contributed by atoms with Crippen LogP contribution in [0.25, 0.3) is 0 Å². The third-order valence-corrected chi connectivity index (χ3v) is 3.86. The third kappa shape index (κ3) is 3.16. The van der Waals surface area contributed by atoms with Gasteiger partial charge in [-0.25, -0.2) is 4.98 Å². The number of rotatable bonds is 3. The number of fused-ring (bicyclic) bond motifs is 1. The Kier molecular flexibility index (Phi) is 3.99. The molecule has 1 aliphatic rings. The molecule has 0 spiro atoms. The summed E-state index contributed by atoms with van der Waals surface area (Å²) in [5, 5.41) is 11.1. The molecule has 0 bridgehead atoms. The van der Waals surface area contributed by atoms with Gasteiger partial charge in [0.15, 0.2) is 0 Å². The van der Waals surface area contributed by atoms with E-state index in [1.807, 2.05) is 6.92 Å². The summed E-state index contributed by atoms with van der Waals surface area (Å²) in [5.74, 6) is 0.332. The van der Waals surface area contributed by atoms with Gasteiger partial charge in [-0.3, -0.25) is 14.9 Å². The number of aromatic nitrogens is 1. The van der Waals surface area contributed by atoms with Crippen LogP contribution in [0.1, 0.15) is 24.8 Å². The van der Waals surface area contributed by atoms with Crippen molar-refractivity contribution in [2.24, 2.45) is 0 Å². The molecule has 0 saturated carbocycles. The van der Waals surface area contributed by atoms with Gasteiger partial charge in [-0.15, -0.1) is 0 Å². The zero-order valence-electron chi connectivity index (χ0n) is 12.0. The second-order valence-electron chi connectivity index (χ2n) is 5.12. The van der Waals surface area contributed by atoms with Crippen LogP contribution in [0, 0.1) is 10.1 Å². The van der Waals surface area contributed by atoms with Crippen molar-refractivity contribution < 1.29 is 19.2 Å². The fourth-order valence-electron chi connectivity index (χ4n) is 2.34. The molecular formula is C15H11BrN2O5. The first-order chi connectivity index (χ1) is 10.9. The Morgan fingerprint density at radius 2 is 2.22 bits per heavy atom. The summed E-state index contributed by atoms with van der Waals surface area (Å²) < 4.78 is 11.2. The topological polar surface area (TPSA) is 91.6 Å². The minimum atomic E-state index is -0.576. The van der Waals surface area contributed by atoms with Crippen LogP contribution in [0.15, 0.2) is 34.9 Å². The maximum Gasteiger partial charge on any atom is 0.332 e. The van der Waals surface area contributed by atoms with E-state index in [9.17, 15) is 14.9 Å². The Balaban J connectivity index is 1.94. The summed E-state index contributed by atoms with van der Waals surface area (Å²) in [7, 11) is 0. The molecule has 1 unspecified atom stereocenters. The molecule has 8 heteroatoms. The standard InChI is InChI=1S/C15H11BrN2O5/c1-8-4-14(19)23-13-6-10(2-3-11(8)13)22-15-12(18(20)21)5-9(16)7-17-15/h2-3,5-8H,4H2,1H3. The summed E-state index contributed by atoms with van der Waals surface area (Å²) in [5.41, 5.74) is 0.637. The Bertz CT molecular complexity index is 808. The summed E-state index contributed by atoms with van der Waals surface area (Å²) in [6, 6.07) is 6.30. The summed E-state index contributed by atoms with van der Waals surface area (Å²) in [4.78, 5) is 25.9. The van der Waals surface area contributed by atoms with Gasteiger partial charge < -0.3 is 9.47 Å². The minimum absolute atomic E-state index is 0.0560. The van der Waals surface area contributed by atoms with Crippen molar-refractivity contribution in [3.8, 4) is 17.4 Å². The van der Waals surface area contributed by atoms with Crippen LogP contribution in [-0.4, -0.2) is 15.9 Å². The first kappa shape index (κ1) is 15.4. The normalized spacial score (nSPS) is 16.4. The number of carbonyl (C=O) groups is 1. The fraction of sp³-hybridized carbons (Fsp3) is 0.200. The monoisotopic (exact) mass is 378 g/mol. The van der Waals surface area contributed by atoms with Crippen LogP contribution in [0.5, 0.6) is 17.4 Å². The second-order valence-corrected chi connectivity index (χ2v) is 6.03. The molecule has 1 aromatic carbocycles. The molecule has 1 aromatic heterocycles. The van der Waals surface area contributed by atoms with Gasteiger partial charge in [0.05, 0.1) is 11.3 Å². The van der Waals surface area contributed by atoms with E-state index in [4.69, 9.17) is 9.47 Å². The molecule has 1 atom stereocenters. The molecule has 1 aliphatic heterocycles. The van der Waals surface area contributed by atoms with Gasteiger partial charge >= 0.3 is 11.7 Å². The number of hydrogen-bond acceptors (Lipinski definition) is 6. The highest BCUT2D eigenvalue weighted by molar-refractivity contribution is 9.10. The lowest BCUT2D eigenvalue weighted by molar-refractivity contribution is -0.386. The van der Waals surface area contributed by atoms with Gasteiger partial charge in [-0.2, -0.15) is 0 Å². The van der Waals surface area contributed by atoms with E-state index in [0.717, 1.165) is 5.56 Å². The van der Waals surface area contributed by atoms with Crippen molar-refractivity contribution in [1.29, 1.82) is 0 Å². The second kappa shape index (κ2) is 5.96. The number of halogens is 1. The van der Waals surface area contributed by atoms with E-state index in [0.29, 0.717) is 22.4 Å². The van der Waals surface area contributed by atoms with Gasteiger partial charge in [-0.1, -0.05) is 13.0 Å². The molecule has 2 heterocycles. The zero-order valence-corrected chi connectivity index (χ0v) is 13.6. The molecule has 0 N–H and O–H groups in total. The molecule has 0 radical (unpaired) electrons. The summed E-state index contributed by atoms with van der Waals surface area (Å²) in [6.07, 6.45) is 1.73. The van der Waals surface area contributed by atoms with E-state index in [-0.39, 0.29) is 23.5 Å². The molecular weight excluding hydrogens is 368 g/mol. The molecule has 0 fully saturated rings. The van der Waals surface area contributed by atoms with Gasteiger partial charge in [0.1, 0.15) is 11.5 Å². The van der Waals surface area contributed by atoms with Crippen molar-refractivity contribution in [1.82, 2.24) is 4.98 Å². The lowest BCUT2D eigenvalue weighted by atomic mass is 9.95. The molecule has 3 rings (SSSR count). The average Bonchev–Trinajstić information content (AvgIpc) is 2.48. The fourth-order valence-corrected chi connectivity index (χ4v) is 2.65. The van der Waals surface area contributed by atoms with Gasteiger partial charge in [0, 0.05) is 22.8 Å². The third-order valence-electron chi connectivity index (χ3n) is 3.42. The number of pyridine rings is 1. The Morgan fingerprint density at radius 3 is 2.96 bits per heavy atom. The van der Waals surface area contributed by atoms with Crippen molar-refractivity contribution in [2.45, 2.75) is 19.3 Å². The number of esters is 1. The Morgan fingerprint density at radius 1 is 1.43 bits per heavy atom. The SMILES string of the molecule is CC1CC(=O)Oc2cc(Oc3ncc(Br)cc3[N+](=O)[O-])ccc21. The van der Waals surface area contributed by atoms with Crippen LogP contribution in [-0.2, 0) is 4.79 Å². The Hall–Kier alpha value is -2.48. The molecule has 0 amide bonds. The molecule has 23 heavy (non-hydrogen) atoms. The predicted octanol–water partition coefficient (Wildman–Crippen LogP) is 3.96. The quantitative estimate of drug-likeness (QED) is 0.347. The summed E-state index contributed by atoms with van der Waals surface area (Å²) in [6.45, 7) is 1.93. The molecule has 0 aliphatic carbocycles. The highest BCUT2D eigenvalue weighted by Crippen LogP contribution is 2.38. The van der Waals surface area contributed by atoms with Crippen LogP contribution >= 0.6 is 15.9 Å². The van der Waals surface area contributed by atoms with Crippen LogP contribution in [0.2, 0.25) is 0 Å². The number of benzene rings is 1. The lowest BCUT2D eigenvalue weighted by Crippen LogP contribution is -2.18. The maximum absolute atomic E-state index is 11.5. The van der Waals surface area contributed by atoms with Crippen molar-refractivity contribution >= 4 is 27.6 Å². The number of carbonyl (C=O) groups excluding carboxylic acids is 1. The first-order valence-corrected chi connectivity index (χ1v) is 7.56. The summed E-state index contributed by atoms with van der Waals surface area (Å²) >= 11 is 3.13. The van der Waals surface area contributed by atoms with Crippen molar-refractivity contribution in [2.75, 3.05) is 0 Å². The highest BCUT2D eigenvalue weighted by atomic mass is 79.9. The number of ether oxygens (including phenoxy) is 2. The van der Waals surface area contributed by atoms with E-state index in [2.05, 4.69) is 20.9 Å². The molecule has 118 valence electrons. The molecule has 2 aromatic rings. The number of nitrogens with zero attached hydrogens (tertiary/aromatic N) is 2. The van der Waals surface area contributed by atoms with Gasteiger partial charge in [0.2, 0.25) is 0 Å². The number of hydrogen-bond donors (Lipinski definition) is 0. The first-order valence-electron chi connectivity index (χ1n) is 6.76. The maximum atomic E-state index is 11.5. The zero-order chi connectivity index (χ0) is 16.6. The molecule has 7 nitrogen and oxygen atoms in total. The van der Waals surface area contributed by atoms with E-state index in [1.165, 1.54) is 18.3 Å². The van der Waals surface area contributed by atoms with Crippen molar-refractivity contribution in [3.63, 3.8) is 0 Å². The van der Waals surface area contributed by atoms with Crippen molar-refractivity contribution in [3.05, 3.63) is 50.6 Å². The highest BCUT2D eigenvalue weighted by Gasteiger charge is 2.25. The van der Waals surface area contributed by atoms with Gasteiger partial charge in [-0.05, 0) is 33.5 Å². The van der Waals surface area contributed by atoms with E-state index in [1.54, 1.807) is 12.1 Å². The van der Waals surface area contributed by atoms with E-state index < -0.39 is 4.92 Å². The molecule has 0 saturated heterocycles. The minimum Gasteiger partial charge on any atom is -0.434 e. The average molecular weight is 379 g/mol. The lowest BCUT2D eigenvalue weighted by Gasteiger charge is -2.21. The largest absolute Gasteiger partial charge is 0.434 e. The van der Waals surface area contributed by atoms with Crippen LogP contribution in [0.3, 0.4) is 0 Å². The predicted molar refractivity (Wildman–Crippen MR) is 83.8 cm³/mol. The van der Waals surface area contributed by atoms with Crippen LogP contribution in [0.4, 0.5) is 5.69 Å². The van der Waals surface area contributed by atoms with Crippen LogP contribution < -0.4 is 9.47 Å². The van der Waals surface area contributed by atoms with Gasteiger partial charge in [0.25, 0.3) is 5.88 Å². The Labute approximate surface area is 139 Å².